The lowest BCUT2D eigenvalue weighted by Crippen LogP contribution is -1.96. The average molecular weight is 342 g/mol. The lowest BCUT2D eigenvalue weighted by atomic mass is 10.2. The maximum absolute atomic E-state index is 5.68. The number of hydrogen-bond donors (Lipinski definition) is 0. The highest BCUT2D eigenvalue weighted by Gasteiger charge is 2.01. The maximum Gasteiger partial charge on any atom is 0.119 e. The van der Waals surface area contributed by atoms with Crippen molar-refractivity contribution in [2.24, 2.45) is 0 Å². The largest absolute Gasteiger partial charge is 0.489 e. The van der Waals surface area contributed by atoms with Crippen LogP contribution in [0.1, 0.15) is 5.56 Å². The summed E-state index contributed by atoms with van der Waals surface area (Å²) >= 11 is 6.95. The van der Waals surface area contributed by atoms with Gasteiger partial charge in [-0.2, -0.15) is 0 Å². The fourth-order valence-electron chi connectivity index (χ4n) is 1.33. The highest BCUT2D eigenvalue weighted by Crippen LogP contribution is 2.23. The summed E-state index contributed by atoms with van der Waals surface area (Å²) in [5, 5.41) is 0. The second-order valence-corrected chi connectivity index (χ2v) is 5.11. The van der Waals surface area contributed by atoms with E-state index in [9.17, 15) is 0 Å². The van der Waals surface area contributed by atoms with Crippen LogP contribution in [0.25, 0.3) is 0 Å². The van der Waals surface area contributed by atoms with Gasteiger partial charge in [-0.25, -0.2) is 0 Å². The third-order valence-corrected chi connectivity index (χ3v) is 3.41. The molecule has 16 heavy (non-hydrogen) atoms. The molecule has 1 nitrogen and oxygen atoms in total. The average Bonchev–Trinajstić information content (AvgIpc) is 2.32. The standard InChI is InChI=1S/C13H10Br2O/c14-11-6-7-13(15)10(8-11)9-16-12-4-2-1-3-5-12/h1-8H,9H2. The van der Waals surface area contributed by atoms with Crippen LogP contribution in [0, 0.1) is 0 Å². The maximum atomic E-state index is 5.68. The predicted octanol–water partition coefficient (Wildman–Crippen LogP) is 4.79. The Hall–Kier alpha value is -0.800. The second-order valence-electron chi connectivity index (χ2n) is 3.34. The van der Waals surface area contributed by atoms with Gasteiger partial charge in [0.05, 0.1) is 0 Å². The zero-order valence-corrected chi connectivity index (χ0v) is 11.7. The van der Waals surface area contributed by atoms with Gasteiger partial charge in [-0.15, -0.1) is 0 Å². The van der Waals surface area contributed by atoms with Crippen LogP contribution in [-0.2, 0) is 6.61 Å². The van der Waals surface area contributed by atoms with Crippen LogP contribution in [0.2, 0.25) is 0 Å². The molecule has 0 bridgehead atoms. The lowest BCUT2D eigenvalue weighted by Gasteiger charge is -2.08. The van der Waals surface area contributed by atoms with Crippen molar-refractivity contribution in [2.45, 2.75) is 6.61 Å². The van der Waals surface area contributed by atoms with Crippen LogP contribution in [0.15, 0.2) is 57.5 Å². The van der Waals surface area contributed by atoms with Gasteiger partial charge < -0.3 is 4.74 Å². The Morgan fingerprint density at radius 3 is 2.44 bits per heavy atom. The van der Waals surface area contributed by atoms with E-state index in [-0.39, 0.29) is 0 Å². The number of benzene rings is 2. The third kappa shape index (κ3) is 3.09. The summed E-state index contributed by atoms with van der Waals surface area (Å²) in [6.07, 6.45) is 0. The Morgan fingerprint density at radius 2 is 1.69 bits per heavy atom. The first kappa shape index (κ1) is 11.7. The van der Waals surface area contributed by atoms with Crippen molar-refractivity contribution < 1.29 is 4.74 Å². The molecule has 0 fully saturated rings. The van der Waals surface area contributed by atoms with Gasteiger partial charge in [0.1, 0.15) is 12.4 Å². The molecule has 0 aromatic heterocycles. The van der Waals surface area contributed by atoms with Crippen molar-refractivity contribution in [1.82, 2.24) is 0 Å². The van der Waals surface area contributed by atoms with Gasteiger partial charge in [0, 0.05) is 14.5 Å². The summed E-state index contributed by atoms with van der Waals surface area (Å²) in [6, 6.07) is 15.9. The molecule has 0 saturated heterocycles. The summed E-state index contributed by atoms with van der Waals surface area (Å²) in [5.41, 5.74) is 1.12. The Morgan fingerprint density at radius 1 is 0.938 bits per heavy atom. The zero-order chi connectivity index (χ0) is 11.4. The lowest BCUT2D eigenvalue weighted by molar-refractivity contribution is 0.305. The Bertz CT molecular complexity index is 469. The van der Waals surface area contributed by atoms with Gasteiger partial charge in [0.25, 0.3) is 0 Å². The Balaban J connectivity index is 2.08. The van der Waals surface area contributed by atoms with Crippen molar-refractivity contribution in [2.75, 3.05) is 0 Å². The highest BCUT2D eigenvalue weighted by atomic mass is 79.9. The van der Waals surface area contributed by atoms with Crippen LogP contribution >= 0.6 is 31.9 Å². The SMILES string of the molecule is Brc1ccc(Br)c(COc2ccccc2)c1. The van der Waals surface area contributed by atoms with Gasteiger partial charge in [-0.3, -0.25) is 0 Å². The van der Waals surface area contributed by atoms with Crippen molar-refractivity contribution >= 4 is 31.9 Å². The van der Waals surface area contributed by atoms with Crippen LogP contribution < -0.4 is 4.74 Å². The van der Waals surface area contributed by atoms with E-state index in [1.807, 2.05) is 48.5 Å². The van der Waals surface area contributed by atoms with E-state index in [1.165, 1.54) is 0 Å². The first-order valence-electron chi connectivity index (χ1n) is 4.87. The van der Waals surface area contributed by atoms with Crippen molar-refractivity contribution in [3.63, 3.8) is 0 Å². The molecule has 0 unspecified atom stereocenters. The van der Waals surface area contributed by atoms with E-state index < -0.39 is 0 Å². The topological polar surface area (TPSA) is 9.23 Å². The van der Waals surface area contributed by atoms with Gasteiger partial charge in [0.15, 0.2) is 0 Å². The molecular formula is C13H10Br2O. The number of para-hydroxylation sites is 1. The van der Waals surface area contributed by atoms with E-state index in [0.717, 1.165) is 20.3 Å². The second kappa shape index (κ2) is 5.51. The van der Waals surface area contributed by atoms with Gasteiger partial charge in [0.2, 0.25) is 0 Å². The van der Waals surface area contributed by atoms with E-state index in [4.69, 9.17) is 4.74 Å². The van der Waals surface area contributed by atoms with Crippen molar-refractivity contribution in [3.05, 3.63) is 63.0 Å². The third-order valence-electron chi connectivity index (χ3n) is 2.15. The molecule has 0 aliphatic rings. The van der Waals surface area contributed by atoms with E-state index in [0.29, 0.717) is 6.61 Å². The minimum Gasteiger partial charge on any atom is -0.489 e. The molecule has 0 aliphatic carbocycles. The monoisotopic (exact) mass is 340 g/mol. The molecular weight excluding hydrogens is 332 g/mol. The van der Waals surface area contributed by atoms with Crippen molar-refractivity contribution in [3.8, 4) is 5.75 Å². The van der Waals surface area contributed by atoms with Gasteiger partial charge in [-0.05, 0) is 30.3 Å². The number of ether oxygens (including phenoxy) is 1. The normalized spacial score (nSPS) is 10.1. The minimum absolute atomic E-state index is 0.560. The van der Waals surface area contributed by atoms with Gasteiger partial charge >= 0.3 is 0 Å². The molecule has 82 valence electrons. The smallest absolute Gasteiger partial charge is 0.119 e. The molecule has 2 aromatic carbocycles. The van der Waals surface area contributed by atoms with Crippen LogP contribution in [-0.4, -0.2) is 0 Å². The Kier molecular flexibility index (Phi) is 4.02. The Labute approximate surface area is 112 Å². The number of halogens is 2. The molecule has 0 saturated carbocycles. The molecule has 0 spiro atoms. The summed E-state index contributed by atoms with van der Waals surface area (Å²) in [4.78, 5) is 0. The predicted molar refractivity (Wildman–Crippen MR) is 72.6 cm³/mol. The van der Waals surface area contributed by atoms with Crippen LogP contribution in [0.5, 0.6) is 5.75 Å². The zero-order valence-electron chi connectivity index (χ0n) is 8.49. The molecule has 0 amide bonds. The number of rotatable bonds is 3. The first-order chi connectivity index (χ1) is 7.75. The minimum atomic E-state index is 0.560. The molecule has 0 atom stereocenters. The summed E-state index contributed by atoms with van der Waals surface area (Å²) in [5.74, 6) is 0.884. The molecule has 0 aliphatic heterocycles. The fourth-order valence-corrected chi connectivity index (χ4v) is 2.10. The quantitative estimate of drug-likeness (QED) is 0.779. The van der Waals surface area contributed by atoms with E-state index >= 15 is 0 Å². The van der Waals surface area contributed by atoms with Gasteiger partial charge in [-0.1, -0.05) is 50.1 Å². The van der Waals surface area contributed by atoms with Crippen molar-refractivity contribution in [1.29, 1.82) is 0 Å². The molecule has 0 N–H and O–H groups in total. The highest BCUT2D eigenvalue weighted by molar-refractivity contribution is 9.11. The van der Waals surface area contributed by atoms with Crippen LogP contribution in [0.3, 0.4) is 0 Å². The fraction of sp³-hybridized carbons (Fsp3) is 0.0769. The molecule has 0 heterocycles. The first-order valence-corrected chi connectivity index (χ1v) is 6.46. The van der Waals surface area contributed by atoms with E-state index in [2.05, 4.69) is 31.9 Å². The van der Waals surface area contributed by atoms with E-state index in [1.54, 1.807) is 0 Å². The molecule has 2 rings (SSSR count). The van der Waals surface area contributed by atoms with Crippen LogP contribution in [0.4, 0.5) is 0 Å². The summed E-state index contributed by atoms with van der Waals surface area (Å²) in [7, 11) is 0. The number of hydrogen-bond acceptors (Lipinski definition) is 1. The summed E-state index contributed by atoms with van der Waals surface area (Å²) in [6.45, 7) is 0.560. The molecule has 0 radical (unpaired) electrons. The molecule has 3 heteroatoms. The summed E-state index contributed by atoms with van der Waals surface area (Å²) < 4.78 is 7.80. The molecule has 2 aromatic rings.